The second kappa shape index (κ2) is 6.97. The quantitative estimate of drug-likeness (QED) is 0.467. The van der Waals surface area contributed by atoms with Crippen molar-refractivity contribution in [3.8, 4) is 0 Å². The molecule has 1 fully saturated rings. The standard InChI is InChI=1S/C12H8BrF2N3O3S/c13-9-6(14)2-1-5(10(9)15)4-16-18-12-17-11(21)7(22-12)3-8(19)20/h1-2,4,7H,3H2,(H,19,20)(H,17,18,21). The van der Waals surface area contributed by atoms with Crippen LogP contribution in [0.3, 0.4) is 0 Å². The van der Waals surface area contributed by atoms with Crippen LogP contribution in [0.25, 0.3) is 0 Å². The SMILES string of the molecule is O=C(O)CC1SC(=NN=Cc2ccc(F)c(Br)c2F)NC1=O. The lowest BCUT2D eigenvalue weighted by Gasteiger charge is -1.99. The first-order chi connectivity index (χ1) is 10.4. The van der Waals surface area contributed by atoms with Gasteiger partial charge >= 0.3 is 5.97 Å². The number of nitrogens with one attached hydrogen (secondary N) is 1. The Hall–Kier alpha value is -1.81. The lowest BCUT2D eigenvalue weighted by Crippen LogP contribution is -2.26. The average molecular weight is 392 g/mol. The number of carboxylic acid groups (broad SMARTS) is 1. The largest absolute Gasteiger partial charge is 0.481 e. The highest BCUT2D eigenvalue weighted by molar-refractivity contribution is 9.10. The molecule has 1 aliphatic heterocycles. The van der Waals surface area contributed by atoms with Gasteiger partial charge in [0.25, 0.3) is 0 Å². The van der Waals surface area contributed by atoms with E-state index in [2.05, 4.69) is 31.4 Å². The Balaban J connectivity index is 2.08. The van der Waals surface area contributed by atoms with Crippen molar-refractivity contribution >= 4 is 51.0 Å². The molecule has 22 heavy (non-hydrogen) atoms. The van der Waals surface area contributed by atoms with E-state index in [1.54, 1.807) is 0 Å². The summed E-state index contributed by atoms with van der Waals surface area (Å²) < 4.78 is 26.4. The molecular weight excluding hydrogens is 384 g/mol. The summed E-state index contributed by atoms with van der Waals surface area (Å²) in [7, 11) is 0. The van der Waals surface area contributed by atoms with Crippen LogP contribution in [-0.4, -0.2) is 33.6 Å². The van der Waals surface area contributed by atoms with Gasteiger partial charge in [-0.05, 0) is 28.1 Å². The smallest absolute Gasteiger partial charge is 0.305 e. The number of carbonyl (C=O) groups excluding carboxylic acids is 1. The number of amides is 1. The van der Waals surface area contributed by atoms with Gasteiger partial charge in [0.15, 0.2) is 5.17 Å². The van der Waals surface area contributed by atoms with Gasteiger partial charge in [-0.15, -0.1) is 5.10 Å². The monoisotopic (exact) mass is 391 g/mol. The second-order valence-electron chi connectivity index (χ2n) is 4.11. The molecule has 1 heterocycles. The van der Waals surface area contributed by atoms with Crippen LogP contribution in [0, 0.1) is 11.6 Å². The molecule has 0 saturated carbocycles. The van der Waals surface area contributed by atoms with E-state index in [1.807, 2.05) is 0 Å². The Bertz CT molecular complexity index is 696. The fourth-order valence-electron chi connectivity index (χ4n) is 1.53. The van der Waals surface area contributed by atoms with E-state index in [4.69, 9.17) is 5.11 Å². The van der Waals surface area contributed by atoms with Crippen LogP contribution in [0.2, 0.25) is 0 Å². The van der Waals surface area contributed by atoms with Gasteiger partial charge in [-0.2, -0.15) is 5.10 Å². The molecule has 1 aromatic rings. The fraction of sp³-hybridized carbons (Fsp3) is 0.167. The van der Waals surface area contributed by atoms with E-state index in [0.29, 0.717) is 0 Å². The normalized spacial score (nSPS) is 19.9. The summed E-state index contributed by atoms with van der Waals surface area (Å²) >= 11 is 3.69. The zero-order valence-electron chi connectivity index (χ0n) is 10.7. The van der Waals surface area contributed by atoms with Crippen LogP contribution >= 0.6 is 27.7 Å². The molecule has 0 aliphatic carbocycles. The molecule has 10 heteroatoms. The van der Waals surface area contributed by atoms with Crippen molar-refractivity contribution in [2.45, 2.75) is 11.7 Å². The van der Waals surface area contributed by atoms with Crippen molar-refractivity contribution in [3.05, 3.63) is 33.8 Å². The molecule has 0 aromatic heterocycles. The van der Waals surface area contributed by atoms with Gasteiger partial charge in [-0.3, -0.25) is 9.59 Å². The topological polar surface area (TPSA) is 91.1 Å². The molecule has 2 N–H and O–H groups in total. The summed E-state index contributed by atoms with van der Waals surface area (Å²) in [6, 6.07) is 2.25. The Morgan fingerprint density at radius 2 is 2.23 bits per heavy atom. The first-order valence-electron chi connectivity index (χ1n) is 5.82. The first kappa shape index (κ1) is 16.6. The molecule has 0 radical (unpaired) electrons. The van der Waals surface area contributed by atoms with Gasteiger partial charge in [-0.25, -0.2) is 8.78 Å². The van der Waals surface area contributed by atoms with Crippen LogP contribution in [0.5, 0.6) is 0 Å². The predicted molar refractivity (Wildman–Crippen MR) is 80.9 cm³/mol. The maximum Gasteiger partial charge on any atom is 0.305 e. The Labute approximate surface area is 135 Å². The molecule has 1 aliphatic rings. The predicted octanol–water partition coefficient (Wildman–Crippen LogP) is 2.12. The third-order valence-corrected chi connectivity index (χ3v) is 4.35. The van der Waals surface area contributed by atoms with E-state index in [1.165, 1.54) is 6.07 Å². The van der Waals surface area contributed by atoms with Crippen molar-refractivity contribution in [3.63, 3.8) is 0 Å². The minimum atomic E-state index is -1.10. The van der Waals surface area contributed by atoms with Gasteiger partial charge < -0.3 is 10.4 Å². The molecule has 1 atom stereocenters. The van der Waals surface area contributed by atoms with Crippen LogP contribution in [0.15, 0.2) is 26.8 Å². The van der Waals surface area contributed by atoms with Crippen LogP contribution < -0.4 is 5.32 Å². The zero-order chi connectivity index (χ0) is 16.3. The summed E-state index contributed by atoms with van der Waals surface area (Å²) in [5.74, 6) is -3.14. The molecular formula is C12H8BrF2N3O3S. The van der Waals surface area contributed by atoms with Crippen LogP contribution in [0.1, 0.15) is 12.0 Å². The number of thioether (sulfide) groups is 1. The van der Waals surface area contributed by atoms with Crippen molar-refractivity contribution in [2.24, 2.45) is 10.2 Å². The molecule has 1 amide bonds. The number of amidine groups is 1. The van der Waals surface area contributed by atoms with Crippen molar-refractivity contribution in [2.75, 3.05) is 0 Å². The maximum atomic E-state index is 13.7. The molecule has 116 valence electrons. The summed E-state index contributed by atoms with van der Waals surface area (Å²) in [5.41, 5.74) is 0.00837. The Kier molecular flexibility index (Phi) is 5.24. The van der Waals surface area contributed by atoms with E-state index in [0.717, 1.165) is 24.0 Å². The van der Waals surface area contributed by atoms with Gasteiger partial charge in [0.05, 0.1) is 17.1 Å². The summed E-state index contributed by atoms with van der Waals surface area (Å²) in [6.07, 6.45) is 0.725. The fourth-order valence-corrected chi connectivity index (χ4v) is 2.81. The van der Waals surface area contributed by atoms with E-state index in [9.17, 15) is 18.4 Å². The lowest BCUT2D eigenvalue weighted by molar-refractivity contribution is -0.138. The van der Waals surface area contributed by atoms with Crippen molar-refractivity contribution in [1.29, 1.82) is 0 Å². The molecule has 1 unspecified atom stereocenters. The molecule has 2 rings (SSSR count). The molecule has 1 saturated heterocycles. The number of hydrogen-bond donors (Lipinski definition) is 2. The zero-order valence-corrected chi connectivity index (χ0v) is 13.1. The van der Waals surface area contributed by atoms with Crippen molar-refractivity contribution in [1.82, 2.24) is 5.32 Å². The molecule has 0 spiro atoms. The minimum absolute atomic E-state index is 0.00837. The number of aliphatic carboxylic acids is 1. The van der Waals surface area contributed by atoms with Gasteiger partial charge in [0.2, 0.25) is 5.91 Å². The van der Waals surface area contributed by atoms with Gasteiger partial charge in [0.1, 0.15) is 16.9 Å². The third-order valence-electron chi connectivity index (χ3n) is 2.55. The number of halogens is 3. The second-order valence-corrected chi connectivity index (χ2v) is 6.09. The number of nitrogens with zero attached hydrogens (tertiary/aromatic N) is 2. The van der Waals surface area contributed by atoms with E-state index in [-0.39, 0.29) is 21.6 Å². The summed E-state index contributed by atoms with van der Waals surface area (Å²) in [5, 5.41) is 17.6. The van der Waals surface area contributed by atoms with Crippen LogP contribution in [-0.2, 0) is 9.59 Å². The number of benzene rings is 1. The van der Waals surface area contributed by atoms with E-state index >= 15 is 0 Å². The third kappa shape index (κ3) is 3.89. The summed E-state index contributed by atoms with van der Waals surface area (Å²) in [4.78, 5) is 22.0. The number of hydrogen-bond acceptors (Lipinski definition) is 5. The molecule has 1 aromatic carbocycles. The average Bonchev–Trinajstić information content (AvgIpc) is 2.78. The molecule has 6 nitrogen and oxygen atoms in total. The Morgan fingerprint density at radius 3 is 2.91 bits per heavy atom. The number of carbonyl (C=O) groups is 2. The highest BCUT2D eigenvalue weighted by Gasteiger charge is 2.32. The number of carboxylic acids is 1. The van der Waals surface area contributed by atoms with Crippen LogP contribution in [0.4, 0.5) is 8.78 Å². The van der Waals surface area contributed by atoms with Crippen molar-refractivity contribution < 1.29 is 23.5 Å². The Morgan fingerprint density at radius 1 is 1.50 bits per heavy atom. The lowest BCUT2D eigenvalue weighted by atomic mass is 10.2. The minimum Gasteiger partial charge on any atom is -0.481 e. The van der Waals surface area contributed by atoms with Gasteiger partial charge in [-0.1, -0.05) is 11.8 Å². The van der Waals surface area contributed by atoms with E-state index < -0.39 is 28.8 Å². The van der Waals surface area contributed by atoms with Gasteiger partial charge in [0, 0.05) is 5.56 Å². The molecule has 0 bridgehead atoms. The number of rotatable bonds is 4. The first-order valence-corrected chi connectivity index (χ1v) is 7.49. The summed E-state index contributed by atoms with van der Waals surface area (Å²) in [6.45, 7) is 0. The highest BCUT2D eigenvalue weighted by atomic mass is 79.9. The maximum absolute atomic E-state index is 13.7. The highest BCUT2D eigenvalue weighted by Crippen LogP contribution is 2.23.